The number of ether oxygens (including phenoxy) is 1. The minimum absolute atomic E-state index is 0.293. The first-order chi connectivity index (χ1) is 7.38. The first kappa shape index (κ1) is 11.7. The highest BCUT2D eigenvalue weighted by atomic mass is 16.6. The van der Waals surface area contributed by atoms with E-state index in [0.717, 1.165) is 24.9 Å². The van der Waals surface area contributed by atoms with Crippen LogP contribution in [-0.4, -0.2) is 30.8 Å². The average Bonchev–Trinajstić information content (AvgIpc) is 2.69. The van der Waals surface area contributed by atoms with E-state index < -0.39 is 5.60 Å². The minimum Gasteiger partial charge on any atom is -0.444 e. The monoisotopic (exact) mass is 226 g/mol. The molecule has 0 aromatic rings. The fourth-order valence-corrected chi connectivity index (χ4v) is 2.76. The van der Waals surface area contributed by atoms with Crippen LogP contribution in [0.25, 0.3) is 0 Å². The van der Waals surface area contributed by atoms with E-state index in [4.69, 9.17) is 4.74 Å². The van der Waals surface area contributed by atoms with E-state index in [1.807, 2.05) is 20.8 Å². The van der Waals surface area contributed by atoms with E-state index >= 15 is 0 Å². The molecule has 4 nitrogen and oxygen atoms in total. The summed E-state index contributed by atoms with van der Waals surface area (Å²) >= 11 is 0. The third kappa shape index (κ3) is 2.48. The molecule has 4 unspecified atom stereocenters. The van der Waals surface area contributed by atoms with E-state index in [-0.39, 0.29) is 6.09 Å². The second-order valence-electron chi connectivity index (χ2n) is 5.98. The summed E-state index contributed by atoms with van der Waals surface area (Å²) in [5.74, 6) is 2.18. The average molecular weight is 226 g/mol. The Morgan fingerprint density at radius 2 is 2.19 bits per heavy atom. The van der Waals surface area contributed by atoms with Crippen molar-refractivity contribution >= 4 is 6.09 Å². The van der Waals surface area contributed by atoms with Gasteiger partial charge in [0, 0.05) is 12.6 Å². The molecule has 16 heavy (non-hydrogen) atoms. The van der Waals surface area contributed by atoms with Gasteiger partial charge in [-0.2, -0.15) is 0 Å². The smallest absolute Gasteiger partial charge is 0.407 e. The van der Waals surface area contributed by atoms with Gasteiger partial charge in [-0.1, -0.05) is 0 Å². The first-order valence-corrected chi connectivity index (χ1v) is 6.09. The van der Waals surface area contributed by atoms with Crippen molar-refractivity contribution in [2.45, 2.75) is 39.3 Å². The van der Waals surface area contributed by atoms with Gasteiger partial charge >= 0.3 is 6.09 Å². The molecular formula is C12H22N2O2. The summed E-state index contributed by atoms with van der Waals surface area (Å²) in [7, 11) is 0. The summed E-state index contributed by atoms with van der Waals surface area (Å²) in [6, 6.07) is 0.607. The molecule has 92 valence electrons. The molecule has 0 radical (unpaired) electrons. The van der Waals surface area contributed by atoms with Crippen molar-refractivity contribution in [1.29, 1.82) is 0 Å². The van der Waals surface area contributed by atoms with Crippen molar-refractivity contribution in [2.75, 3.05) is 13.1 Å². The number of carbonyl (C=O) groups is 1. The molecule has 2 fully saturated rings. The van der Waals surface area contributed by atoms with Crippen molar-refractivity contribution < 1.29 is 9.53 Å². The van der Waals surface area contributed by atoms with E-state index in [2.05, 4.69) is 17.6 Å². The number of amides is 1. The Labute approximate surface area is 97.1 Å². The Morgan fingerprint density at radius 1 is 1.50 bits per heavy atom. The molecule has 1 aliphatic heterocycles. The number of piperidine rings is 1. The molecular weight excluding hydrogens is 204 g/mol. The summed E-state index contributed by atoms with van der Waals surface area (Å²) in [6.07, 6.45) is -0.293. The van der Waals surface area contributed by atoms with Crippen LogP contribution in [0, 0.1) is 17.8 Å². The van der Waals surface area contributed by atoms with Gasteiger partial charge in [-0.15, -0.1) is 0 Å². The molecule has 1 saturated carbocycles. The number of fused-ring (bicyclic) bond motifs is 1. The lowest BCUT2D eigenvalue weighted by molar-refractivity contribution is 0.0523. The maximum absolute atomic E-state index is 11.4. The van der Waals surface area contributed by atoms with Crippen LogP contribution in [0.4, 0.5) is 4.79 Å². The highest BCUT2D eigenvalue weighted by Crippen LogP contribution is 2.51. The molecule has 1 heterocycles. The molecule has 1 aliphatic carbocycles. The maximum Gasteiger partial charge on any atom is 0.407 e. The summed E-state index contributed by atoms with van der Waals surface area (Å²) in [5, 5.41) is 6.29. The fourth-order valence-electron chi connectivity index (χ4n) is 2.76. The normalized spacial score (nSPS) is 36.8. The van der Waals surface area contributed by atoms with Gasteiger partial charge in [-0.25, -0.2) is 4.79 Å². The molecule has 1 saturated heterocycles. The molecule has 4 atom stereocenters. The van der Waals surface area contributed by atoms with Gasteiger partial charge in [0.15, 0.2) is 0 Å². The lowest BCUT2D eigenvalue weighted by Crippen LogP contribution is -2.35. The molecule has 0 aromatic heterocycles. The summed E-state index contributed by atoms with van der Waals surface area (Å²) < 4.78 is 5.20. The summed E-state index contributed by atoms with van der Waals surface area (Å²) in [6.45, 7) is 9.72. The minimum atomic E-state index is -0.404. The van der Waals surface area contributed by atoms with Gasteiger partial charge < -0.3 is 15.4 Å². The van der Waals surface area contributed by atoms with Crippen molar-refractivity contribution in [3.05, 3.63) is 0 Å². The predicted molar refractivity (Wildman–Crippen MR) is 62.2 cm³/mol. The van der Waals surface area contributed by atoms with Crippen LogP contribution in [0.5, 0.6) is 0 Å². The van der Waals surface area contributed by atoms with E-state index in [1.54, 1.807) is 0 Å². The van der Waals surface area contributed by atoms with Crippen LogP contribution >= 0.6 is 0 Å². The Kier molecular flexibility index (Phi) is 2.86. The number of hydrogen-bond acceptors (Lipinski definition) is 3. The largest absolute Gasteiger partial charge is 0.444 e. The van der Waals surface area contributed by atoms with E-state index in [0.29, 0.717) is 12.0 Å². The van der Waals surface area contributed by atoms with Crippen molar-refractivity contribution in [3.63, 3.8) is 0 Å². The Bertz CT molecular complexity index is 285. The summed E-state index contributed by atoms with van der Waals surface area (Å²) in [5.41, 5.74) is -0.404. The molecule has 0 aromatic carbocycles. The zero-order valence-corrected chi connectivity index (χ0v) is 10.5. The SMILES string of the molecule is CC1NCC2C(CNC(=O)OC(C)(C)C)C12. The standard InChI is InChI=1S/C12H22N2O2/c1-7-10-8(5-13-7)9(10)6-14-11(15)16-12(2,3)4/h7-10,13H,5-6H2,1-4H3,(H,14,15). The Balaban J connectivity index is 1.68. The van der Waals surface area contributed by atoms with Crippen LogP contribution in [0.3, 0.4) is 0 Å². The Hall–Kier alpha value is -0.770. The third-order valence-electron chi connectivity index (χ3n) is 3.53. The molecule has 0 spiro atoms. The summed E-state index contributed by atoms with van der Waals surface area (Å²) in [4.78, 5) is 11.4. The van der Waals surface area contributed by atoms with Gasteiger partial charge in [-0.05, 0) is 52.0 Å². The topological polar surface area (TPSA) is 50.4 Å². The number of rotatable bonds is 2. The fraction of sp³-hybridized carbons (Fsp3) is 0.917. The van der Waals surface area contributed by atoms with Crippen LogP contribution in [0.1, 0.15) is 27.7 Å². The maximum atomic E-state index is 11.4. The number of hydrogen-bond donors (Lipinski definition) is 2. The zero-order valence-electron chi connectivity index (χ0n) is 10.5. The van der Waals surface area contributed by atoms with E-state index in [9.17, 15) is 4.79 Å². The second-order valence-corrected chi connectivity index (χ2v) is 5.98. The molecule has 4 heteroatoms. The molecule has 2 rings (SSSR count). The lowest BCUT2D eigenvalue weighted by Gasteiger charge is -2.20. The lowest BCUT2D eigenvalue weighted by atomic mass is 10.2. The van der Waals surface area contributed by atoms with Crippen molar-refractivity contribution in [1.82, 2.24) is 10.6 Å². The number of nitrogens with one attached hydrogen (secondary N) is 2. The van der Waals surface area contributed by atoms with Crippen LogP contribution < -0.4 is 10.6 Å². The first-order valence-electron chi connectivity index (χ1n) is 6.09. The van der Waals surface area contributed by atoms with Gasteiger partial charge in [0.05, 0.1) is 0 Å². The molecule has 2 N–H and O–H groups in total. The van der Waals surface area contributed by atoms with Crippen LogP contribution in [0.15, 0.2) is 0 Å². The number of alkyl carbamates (subject to hydrolysis) is 1. The van der Waals surface area contributed by atoms with Crippen molar-refractivity contribution in [3.8, 4) is 0 Å². The highest BCUT2D eigenvalue weighted by Gasteiger charge is 2.56. The zero-order chi connectivity index (χ0) is 11.9. The Morgan fingerprint density at radius 3 is 2.69 bits per heavy atom. The van der Waals surface area contributed by atoms with Gasteiger partial charge in [0.25, 0.3) is 0 Å². The van der Waals surface area contributed by atoms with Crippen molar-refractivity contribution in [2.24, 2.45) is 17.8 Å². The van der Waals surface area contributed by atoms with E-state index in [1.165, 1.54) is 0 Å². The van der Waals surface area contributed by atoms with Crippen LogP contribution in [0.2, 0.25) is 0 Å². The number of carbonyl (C=O) groups excluding carboxylic acids is 1. The molecule has 1 amide bonds. The molecule has 2 aliphatic rings. The predicted octanol–water partition coefficient (Wildman–Crippen LogP) is 1.36. The highest BCUT2D eigenvalue weighted by molar-refractivity contribution is 5.67. The quantitative estimate of drug-likeness (QED) is 0.747. The third-order valence-corrected chi connectivity index (χ3v) is 3.53. The second kappa shape index (κ2) is 3.91. The van der Waals surface area contributed by atoms with Gasteiger partial charge in [0.1, 0.15) is 5.60 Å². The van der Waals surface area contributed by atoms with Gasteiger partial charge in [0.2, 0.25) is 0 Å². The molecule has 0 bridgehead atoms. The van der Waals surface area contributed by atoms with Crippen LogP contribution in [-0.2, 0) is 4.74 Å². The van der Waals surface area contributed by atoms with Gasteiger partial charge in [-0.3, -0.25) is 0 Å².